The highest BCUT2D eigenvalue weighted by molar-refractivity contribution is 8.00. The van der Waals surface area contributed by atoms with Crippen molar-refractivity contribution >= 4 is 35.1 Å². The molecule has 0 fully saturated rings. The fourth-order valence-electron chi connectivity index (χ4n) is 2.82. The van der Waals surface area contributed by atoms with Crippen molar-refractivity contribution in [2.75, 3.05) is 16.8 Å². The van der Waals surface area contributed by atoms with Crippen molar-refractivity contribution in [3.05, 3.63) is 83.9 Å². The predicted molar refractivity (Wildman–Crippen MR) is 110 cm³/mol. The van der Waals surface area contributed by atoms with E-state index in [0.717, 1.165) is 43.6 Å². The molecular weight excluding hydrogens is 472 g/mol. The second-order valence-corrected chi connectivity index (χ2v) is 7.59. The van der Waals surface area contributed by atoms with Crippen LogP contribution in [0.1, 0.15) is 10.4 Å². The van der Waals surface area contributed by atoms with Crippen LogP contribution in [0.15, 0.2) is 65.8 Å². The summed E-state index contributed by atoms with van der Waals surface area (Å²) in [5.41, 5.74) is -6.32. The van der Waals surface area contributed by atoms with Crippen molar-refractivity contribution in [3.8, 4) is 0 Å². The van der Waals surface area contributed by atoms with Gasteiger partial charge in [0.15, 0.2) is 0 Å². The molecule has 0 atom stereocenters. The second kappa shape index (κ2) is 9.53. The van der Waals surface area contributed by atoms with E-state index in [4.69, 9.17) is 0 Å². The van der Waals surface area contributed by atoms with Crippen LogP contribution in [0, 0.1) is 17.5 Å². The van der Waals surface area contributed by atoms with E-state index in [1.807, 2.05) is 0 Å². The van der Waals surface area contributed by atoms with E-state index in [1.54, 1.807) is 0 Å². The maximum absolute atomic E-state index is 14.5. The molecule has 0 radical (unpaired) electrons. The van der Waals surface area contributed by atoms with Crippen LogP contribution in [0.5, 0.6) is 0 Å². The molecular formula is C21H13F6N3O2S. The molecule has 33 heavy (non-hydrogen) atoms. The Hall–Kier alpha value is -3.54. The Bertz CT molecular complexity index is 1170. The average Bonchev–Trinajstić information content (AvgIpc) is 2.73. The summed E-state index contributed by atoms with van der Waals surface area (Å²) in [7, 11) is 1.05. The van der Waals surface area contributed by atoms with Gasteiger partial charge in [-0.1, -0.05) is 6.07 Å². The predicted octanol–water partition coefficient (Wildman–Crippen LogP) is 6.01. The van der Waals surface area contributed by atoms with Crippen molar-refractivity contribution in [3.63, 3.8) is 0 Å². The van der Waals surface area contributed by atoms with Gasteiger partial charge in [-0.2, -0.15) is 13.2 Å². The number of hydrogen-bond donors (Lipinski definition) is 0. The Kier molecular flexibility index (Phi) is 6.96. The number of urea groups is 1. The molecule has 0 aliphatic heterocycles. The summed E-state index contributed by atoms with van der Waals surface area (Å²) in [5, 5.41) is 0. The van der Waals surface area contributed by atoms with Crippen LogP contribution >= 0.6 is 11.8 Å². The lowest BCUT2D eigenvalue weighted by Crippen LogP contribution is -2.46. The smallest absolute Gasteiger partial charge is 0.294 e. The maximum Gasteiger partial charge on any atom is 0.446 e. The number of hydrogen-bond acceptors (Lipinski definition) is 4. The number of alkyl halides is 3. The van der Waals surface area contributed by atoms with E-state index in [2.05, 4.69) is 4.98 Å². The molecule has 0 aliphatic rings. The normalized spacial score (nSPS) is 11.2. The van der Waals surface area contributed by atoms with Crippen LogP contribution in [-0.4, -0.2) is 29.5 Å². The monoisotopic (exact) mass is 485 g/mol. The maximum atomic E-state index is 14.5. The quantitative estimate of drug-likeness (QED) is 0.335. The van der Waals surface area contributed by atoms with Gasteiger partial charge in [-0.3, -0.25) is 14.7 Å². The highest BCUT2D eigenvalue weighted by atomic mass is 32.2. The zero-order valence-corrected chi connectivity index (χ0v) is 17.4. The molecule has 172 valence electrons. The standard InChI is InChI=1S/C21H13F6N3O2S/c1-29(17-8-7-13(10-16(17)24)33-21(25,26)27)20(32)30(12-4-3-9-28-11-12)19(31)18-14(22)5-2-6-15(18)23/h2-11H,1H3. The summed E-state index contributed by atoms with van der Waals surface area (Å²) in [6.07, 6.45) is 2.39. The van der Waals surface area contributed by atoms with Crippen molar-refractivity contribution in [1.82, 2.24) is 4.98 Å². The Morgan fingerprint density at radius 3 is 2.15 bits per heavy atom. The molecule has 1 aromatic heterocycles. The van der Waals surface area contributed by atoms with Gasteiger partial charge in [-0.15, -0.1) is 0 Å². The number of nitrogens with zero attached hydrogens (tertiary/aromatic N) is 3. The summed E-state index contributed by atoms with van der Waals surface area (Å²) >= 11 is -0.547. The van der Waals surface area contributed by atoms with Gasteiger partial charge in [-0.05, 0) is 54.2 Å². The third-order valence-electron chi connectivity index (χ3n) is 4.28. The summed E-state index contributed by atoms with van der Waals surface area (Å²) in [6, 6.07) is 6.48. The summed E-state index contributed by atoms with van der Waals surface area (Å²) in [6.45, 7) is 0. The SMILES string of the molecule is CN(C(=O)N(C(=O)c1c(F)cccc1F)c1cccnc1)c1ccc(SC(F)(F)F)cc1F. The number of carbonyl (C=O) groups excluding carboxylic acids is 2. The summed E-state index contributed by atoms with van der Waals surface area (Å²) < 4.78 is 80.6. The Morgan fingerprint density at radius 1 is 0.939 bits per heavy atom. The van der Waals surface area contributed by atoms with Crippen molar-refractivity contribution < 1.29 is 35.9 Å². The Labute approximate surface area is 187 Å². The number of pyridine rings is 1. The van der Waals surface area contributed by atoms with Gasteiger partial charge >= 0.3 is 11.5 Å². The fraction of sp³-hybridized carbons (Fsp3) is 0.0952. The zero-order chi connectivity index (χ0) is 24.3. The molecule has 0 saturated heterocycles. The van der Waals surface area contributed by atoms with Crippen LogP contribution in [0.25, 0.3) is 0 Å². The highest BCUT2D eigenvalue weighted by Gasteiger charge is 2.33. The molecule has 1 heterocycles. The fourth-order valence-corrected chi connectivity index (χ4v) is 3.39. The minimum absolute atomic E-state index is 0.174. The van der Waals surface area contributed by atoms with Crippen molar-refractivity contribution in [1.29, 1.82) is 0 Å². The Morgan fingerprint density at radius 2 is 1.61 bits per heavy atom. The zero-order valence-electron chi connectivity index (χ0n) is 16.6. The molecule has 0 aliphatic carbocycles. The van der Waals surface area contributed by atoms with E-state index in [1.165, 1.54) is 18.3 Å². The molecule has 0 spiro atoms. The van der Waals surface area contributed by atoms with Crippen LogP contribution in [0.2, 0.25) is 0 Å². The summed E-state index contributed by atoms with van der Waals surface area (Å²) in [4.78, 5) is 30.5. The number of amides is 3. The molecule has 5 nitrogen and oxygen atoms in total. The molecule has 2 aromatic carbocycles. The Balaban J connectivity index is 2.02. The van der Waals surface area contributed by atoms with Gasteiger partial charge in [0.05, 0.1) is 17.6 Å². The van der Waals surface area contributed by atoms with E-state index >= 15 is 0 Å². The van der Waals surface area contributed by atoms with Crippen molar-refractivity contribution in [2.45, 2.75) is 10.4 Å². The van der Waals surface area contributed by atoms with Gasteiger partial charge in [0, 0.05) is 18.1 Å². The lowest BCUT2D eigenvalue weighted by molar-refractivity contribution is -0.0328. The number of rotatable bonds is 4. The molecule has 3 aromatic rings. The van der Waals surface area contributed by atoms with Gasteiger partial charge in [0.2, 0.25) is 0 Å². The van der Waals surface area contributed by atoms with E-state index < -0.39 is 62.8 Å². The first-order valence-corrected chi connectivity index (χ1v) is 9.82. The van der Waals surface area contributed by atoms with Crippen LogP contribution in [-0.2, 0) is 0 Å². The molecule has 0 N–H and O–H groups in total. The van der Waals surface area contributed by atoms with Gasteiger partial charge in [-0.25, -0.2) is 22.9 Å². The lowest BCUT2D eigenvalue weighted by Gasteiger charge is -2.27. The minimum Gasteiger partial charge on any atom is -0.294 e. The van der Waals surface area contributed by atoms with E-state index in [0.29, 0.717) is 15.9 Å². The number of halogens is 6. The minimum atomic E-state index is -4.65. The molecule has 0 unspecified atom stereocenters. The van der Waals surface area contributed by atoms with Crippen molar-refractivity contribution in [2.24, 2.45) is 0 Å². The number of benzene rings is 2. The number of anilines is 2. The molecule has 12 heteroatoms. The van der Waals surface area contributed by atoms with Gasteiger partial charge in [0.1, 0.15) is 23.0 Å². The molecule has 0 saturated carbocycles. The first-order valence-electron chi connectivity index (χ1n) is 9.01. The van der Waals surface area contributed by atoms with Crippen LogP contribution in [0.4, 0.5) is 42.5 Å². The lowest BCUT2D eigenvalue weighted by atomic mass is 10.1. The largest absolute Gasteiger partial charge is 0.446 e. The first-order chi connectivity index (χ1) is 15.5. The molecule has 0 bridgehead atoms. The summed E-state index contributed by atoms with van der Waals surface area (Å²) in [5.74, 6) is -5.04. The third-order valence-corrected chi connectivity index (χ3v) is 5.00. The number of aromatic nitrogens is 1. The third kappa shape index (κ3) is 5.45. The molecule has 3 amide bonds. The van der Waals surface area contributed by atoms with E-state index in [-0.39, 0.29) is 5.69 Å². The van der Waals surface area contributed by atoms with Crippen LogP contribution < -0.4 is 9.80 Å². The second-order valence-electron chi connectivity index (χ2n) is 6.45. The average molecular weight is 485 g/mol. The number of carbonyl (C=O) groups is 2. The van der Waals surface area contributed by atoms with Crippen LogP contribution in [0.3, 0.4) is 0 Å². The highest BCUT2D eigenvalue weighted by Crippen LogP contribution is 2.38. The molecule has 3 rings (SSSR count). The topological polar surface area (TPSA) is 53.5 Å². The number of imide groups is 1. The van der Waals surface area contributed by atoms with E-state index in [9.17, 15) is 35.9 Å². The van der Waals surface area contributed by atoms with Gasteiger partial charge < -0.3 is 0 Å². The van der Waals surface area contributed by atoms with Gasteiger partial charge in [0.25, 0.3) is 5.91 Å². The number of thioether (sulfide) groups is 1. The first kappa shape index (κ1) is 24.1.